The lowest BCUT2D eigenvalue weighted by atomic mass is 10.1. The fraction of sp³-hybridized carbons (Fsp3) is 0.182. The van der Waals surface area contributed by atoms with Gasteiger partial charge in [0.15, 0.2) is 0 Å². The molecule has 0 aliphatic rings. The fourth-order valence-corrected chi connectivity index (χ4v) is 1.16. The molecule has 0 bridgehead atoms. The molecular weight excluding hydrogens is 178 g/mol. The molecule has 0 spiro atoms. The maximum absolute atomic E-state index is 10.5. The van der Waals surface area contributed by atoms with Crippen molar-refractivity contribution in [3.63, 3.8) is 0 Å². The molecule has 0 fully saturated rings. The van der Waals surface area contributed by atoms with E-state index in [1.807, 2.05) is 18.2 Å². The molecule has 0 saturated heterocycles. The third kappa shape index (κ3) is 3.31. The number of carboxylic acids is 1. The summed E-state index contributed by atoms with van der Waals surface area (Å²) in [6.07, 6.45) is 1.81. The molecule has 0 radical (unpaired) electrons. The second-order valence-electron chi connectivity index (χ2n) is 2.94. The molecular formula is C11H13NO2. The first-order valence-electron chi connectivity index (χ1n) is 4.38. The van der Waals surface area contributed by atoms with Crippen LogP contribution in [-0.4, -0.2) is 17.6 Å². The lowest BCUT2D eigenvalue weighted by Crippen LogP contribution is -2.02. The van der Waals surface area contributed by atoms with Gasteiger partial charge in [-0.15, -0.1) is 6.58 Å². The molecule has 0 saturated carbocycles. The van der Waals surface area contributed by atoms with Gasteiger partial charge in [0, 0.05) is 12.2 Å². The van der Waals surface area contributed by atoms with Gasteiger partial charge in [-0.1, -0.05) is 18.2 Å². The van der Waals surface area contributed by atoms with Crippen molar-refractivity contribution in [2.45, 2.75) is 6.42 Å². The van der Waals surface area contributed by atoms with Crippen LogP contribution < -0.4 is 5.32 Å². The van der Waals surface area contributed by atoms with Crippen molar-refractivity contribution in [1.82, 2.24) is 0 Å². The molecule has 0 aliphatic heterocycles. The average molecular weight is 191 g/mol. The number of anilines is 1. The molecule has 74 valence electrons. The molecule has 0 atom stereocenters. The van der Waals surface area contributed by atoms with Crippen LogP contribution in [0.25, 0.3) is 0 Å². The summed E-state index contributed by atoms with van der Waals surface area (Å²) in [5.74, 6) is -0.814. The highest BCUT2D eigenvalue weighted by Crippen LogP contribution is 2.10. The first kappa shape index (κ1) is 10.3. The van der Waals surface area contributed by atoms with Crippen molar-refractivity contribution in [3.8, 4) is 0 Å². The summed E-state index contributed by atoms with van der Waals surface area (Å²) < 4.78 is 0. The Morgan fingerprint density at radius 3 is 3.00 bits per heavy atom. The zero-order valence-electron chi connectivity index (χ0n) is 7.86. The number of carbonyl (C=O) groups is 1. The number of benzene rings is 1. The summed E-state index contributed by atoms with van der Waals surface area (Å²) in [7, 11) is 0. The van der Waals surface area contributed by atoms with Gasteiger partial charge in [-0.3, -0.25) is 4.79 Å². The number of carboxylic acid groups (broad SMARTS) is 1. The van der Waals surface area contributed by atoms with Gasteiger partial charge in [-0.05, 0) is 17.7 Å². The van der Waals surface area contributed by atoms with Gasteiger partial charge in [-0.25, -0.2) is 0 Å². The van der Waals surface area contributed by atoms with Crippen molar-refractivity contribution in [3.05, 3.63) is 42.5 Å². The lowest BCUT2D eigenvalue weighted by molar-refractivity contribution is -0.136. The van der Waals surface area contributed by atoms with E-state index in [2.05, 4.69) is 11.9 Å². The van der Waals surface area contributed by atoms with E-state index in [9.17, 15) is 4.79 Å². The zero-order valence-corrected chi connectivity index (χ0v) is 7.86. The van der Waals surface area contributed by atoms with E-state index in [1.54, 1.807) is 12.1 Å². The summed E-state index contributed by atoms with van der Waals surface area (Å²) in [6, 6.07) is 7.36. The van der Waals surface area contributed by atoms with Crippen LogP contribution in [0.2, 0.25) is 0 Å². The molecule has 0 unspecified atom stereocenters. The molecule has 1 aromatic carbocycles. The van der Waals surface area contributed by atoms with E-state index in [1.165, 1.54) is 0 Å². The molecule has 1 rings (SSSR count). The van der Waals surface area contributed by atoms with Crippen LogP contribution in [-0.2, 0) is 11.2 Å². The molecule has 2 N–H and O–H groups in total. The van der Waals surface area contributed by atoms with Crippen molar-refractivity contribution < 1.29 is 9.90 Å². The largest absolute Gasteiger partial charge is 0.481 e. The standard InChI is InChI=1S/C11H13NO2/c1-2-6-12-10-5-3-4-9(7-10)8-11(13)14/h2-5,7,12H,1,6,8H2,(H,13,14). The highest BCUT2D eigenvalue weighted by Gasteiger charge is 2.00. The molecule has 1 aromatic rings. The third-order valence-corrected chi connectivity index (χ3v) is 1.73. The Morgan fingerprint density at radius 1 is 1.57 bits per heavy atom. The van der Waals surface area contributed by atoms with E-state index >= 15 is 0 Å². The Kier molecular flexibility index (Phi) is 3.73. The summed E-state index contributed by atoms with van der Waals surface area (Å²) in [5.41, 5.74) is 1.72. The zero-order chi connectivity index (χ0) is 10.4. The van der Waals surface area contributed by atoms with E-state index in [4.69, 9.17) is 5.11 Å². The van der Waals surface area contributed by atoms with Crippen LogP contribution in [0.3, 0.4) is 0 Å². The molecule has 0 aliphatic carbocycles. The van der Waals surface area contributed by atoms with Gasteiger partial charge in [-0.2, -0.15) is 0 Å². The van der Waals surface area contributed by atoms with Gasteiger partial charge in [0.25, 0.3) is 0 Å². The third-order valence-electron chi connectivity index (χ3n) is 1.73. The van der Waals surface area contributed by atoms with E-state index in [-0.39, 0.29) is 6.42 Å². The summed E-state index contributed by atoms with van der Waals surface area (Å²) >= 11 is 0. The molecule has 3 nitrogen and oxygen atoms in total. The Morgan fingerprint density at radius 2 is 2.36 bits per heavy atom. The number of hydrogen-bond acceptors (Lipinski definition) is 2. The summed E-state index contributed by atoms with van der Waals surface area (Å²) in [5, 5.41) is 11.7. The van der Waals surface area contributed by atoms with Gasteiger partial charge in [0.1, 0.15) is 0 Å². The Labute approximate surface area is 83.1 Å². The van der Waals surface area contributed by atoms with Crippen LogP contribution in [0.15, 0.2) is 36.9 Å². The normalized spacial score (nSPS) is 9.43. The number of nitrogens with one attached hydrogen (secondary N) is 1. The highest BCUT2D eigenvalue weighted by molar-refractivity contribution is 5.70. The maximum atomic E-state index is 10.5. The first-order valence-corrected chi connectivity index (χ1v) is 4.38. The van der Waals surface area contributed by atoms with Crippen molar-refractivity contribution >= 4 is 11.7 Å². The monoisotopic (exact) mass is 191 g/mol. The minimum absolute atomic E-state index is 0.0591. The van der Waals surface area contributed by atoms with Gasteiger partial charge >= 0.3 is 5.97 Å². The van der Waals surface area contributed by atoms with Crippen LogP contribution in [0.4, 0.5) is 5.69 Å². The molecule has 14 heavy (non-hydrogen) atoms. The first-order chi connectivity index (χ1) is 6.72. The van der Waals surface area contributed by atoms with E-state index in [0.29, 0.717) is 6.54 Å². The second kappa shape index (κ2) is 5.07. The SMILES string of the molecule is C=CCNc1cccc(CC(=O)O)c1. The van der Waals surface area contributed by atoms with Crippen molar-refractivity contribution in [2.24, 2.45) is 0 Å². The predicted octanol–water partition coefficient (Wildman–Crippen LogP) is 1.91. The Hall–Kier alpha value is -1.77. The Bertz CT molecular complexity index is 334. The fourth-order valence-electron chi connectivity index (χ4n) is 1.16. The quantitative estimate of drug-likeness (QED) is 0.699. The minimum Gasteiger partial charge on any atom is -0.481 e. The number of hydrogen-bond donors (Lipinski definition) is 2. The van der Waals surface area contributed by atoms with Crippen molar-refractivity contribution in [2.75, 3.05) is 11.9 Å². The van der Waals surface area contributed by atoms with Gasteiger partial charge < -0.3 is 10.4 Å². The lowest BCUT2D eigenvalue weighted by Gasteiger charge is -2.04. The maximum Gasteiger partial charge on any atom is 0.307 e. The minimum atomic E-state index is -0.814. The van der Waals surface area contributed by atoms with Crippen LogP contribution in [0.5, 0.6) is 0 Å². The topological polar surface area (TPSA) is 49.3 Å². The predicted molar refractivity (Wildman–Crippen MR) is 56.5 cm³/mol. The molecule has 0 amide bonds. The van der Waals surface area contributed by atoms with Gasteiger partial charge in [0.05, 0.1) is 6.42 Å². The molecule has 0 aromatic heterocycles. The second-order valence-corrected chi connectivity index (χ2v) is 2.94. The highest BCUT2D eigenvalue weighted by atomic mass is 16.4. The Balaban J connectivity index is 2.68. The molecule has 0 heterocycles. The molecule has 3 heteroatoms. The number of aliphatic carboxylic acids is 1. The van der Waals surface area contributed by atoms with Crippen molar-refractivity contribution in [1.29, 1.82) is 0 Å². The van der Waals surface area contributed by atoms with Gasteiger partial charge in [0.2, 0.25) is 0 Å². The van der Waals surface area contributed by atoms with Crippen LogP contribution >= 0.6 is 0 Å². The van der Waals surface area contributed by atoms with E-state index in [0.717, 1.165) is 11.3 Å². The number of rotatable bonds is 5. The van der Waals surface area contributed by atoms with Crippen LogP contribution in [0, 0.1) is 0 Å². The summed E-state index contributed by atoms with van der Waals surface area (Å²) in [6.45, 7) is 4.27. The smallest absolute Gasteiger partial charge is 0.307 e. The average Bonchev–Trinajstić information content (AvgIpc) is 2.14. The summed E-state index contributed by atoms with van der Waals surface area (Å²) in [4.78, 5) is 10.5. The van der Waals surface area contributed by atoms with E-state index < -0.39 is 5.97 Å². The van der Waals surface area contributed by atoms with Crippen LogP contribution in [0.1, 0.15) is 5.56 Å².